The van der Waals surface area contributed by atoms with Gasteiger partial charge in [0, 0.05) is 23.8 Å². The fourth-order valence-electron chi connectivity index (χ4n) is 5.07. The van der Waals surface area contributed by atoms with E-state index in [2.05, 4.69) is 19.1 Å². The lowest BCUT2D eigenvalue weighted by atomic mass is 10.2. The van der Waals surface area contributed by atoms with E-state index in [1.54, 1.807) is 12.4 Å². The van der Waals surface area contributed by atoms with Crippen molar-refractivity contribution in [2.45, 2.75) is 0 Å². The van der Waals surface area contributed by atoms with Crippen molar-refractivity contribution in [3.63, 3.8) is 0 Å². The molecular weight excluding hydrogens is 496 g/mol. The first-order valence-corrected chi connectivity index (χ1v) is 12.9. The van der Waals surface area contributed by atoms with E-state index in [9.17, 15) is 0 Å². The molecule has 188 valence electrons. The van der Waals surface area contributed by atoms with Crippen molar-refractivity contribution in [1.82, 2.24) is 39.0 Å². The second-order valence-corrected chi connectivity index (χ2v) is 9.36. The molecule has 8 heteroatoms. The highest BCUT2D eigenvalue weighted by atomic mass is 15.2. The zero-order valence-electron chi connectivity index (χ0n) is 21.1. The van der Waals surface area contributed by atoms with Gasteiger partial charge in [-0.3, -0.25) is 9.13 Å². The van der Waals surface area contributed by atoms with Crippen LogP contribution in [-0.2, 0) is 0 Å². The van der Waals surface area contributed by atoms with Crippen LogP contribution in [0.2, 0.25) is 0 Å². The first-order chi connectivity index (χ1) is 19.8. The maximum atomic E-state index is 4.91. The highest BCUT2D eigenvalue weighted by Crippen LogP contribution is 2.29. The number of aromatic nitrogens is 8. The van der Waals surface area contributed by atoms with Crippen LogP contribution >= 0.6 is 0 Å². The summed E-state index contributed by atoms with van der Waals surface area (Å²) < 4.78 is 4.15. The van der Waals surface area contributed by atoms with Crippen LogP contribution in [0.1, 0.15) is 0 Å². The van der Waals surface area contributed by atoms with Crippen LogP contribution in [-0.4, -0.2) is 39.0 Å². The summed E-state index contributed by atoms with van der Waals surface area (Å²) in [5, 5.41) is 0.734. The van der Waals surface area contributed by atoms with Gasteiger partial charge >= 0.3 is 0 Å². The quantitative estimate of drug-likeness (QED) is 0.268. The van der Waals surface area contributed by atoms with Gasteiger partial charge in [0.1, 0.15) is 0 Å². The minimum Gasteiger partial charge on any atom is -0.290 e. The van der Waals surface area contributed by atoms with Gasteiger partial charge in [0.15, 0.2) is 28.9 Å². The third-order valence-electron chi connectivity index (χ3n) is 6.88. The summed E-state index contributed by atoms with van der Waals surface area (Å²) in [6, 6.07) is 36.3. The number of rotatable bonds is 4. The summed E-state index contributed by atoms with van der Waals surface area (Å²) in [7, 11) is 0. The normalized spacial score (nSPS) is 11.5. The maximum absolute atomic E-state index is 4.91. The molecule has 8 rings (SSSR count). The zero-order valence-corrected chi connectivity index (χ0v) is 21.1. The van der Waals surface area contributed by atoms with Crippen molar-refractivity contribution in [3.8, 4) is 34.7 Å². The van der Waals surface area contributed by atoms with Gasteiger partial charge in [-0.2, -0.15) is 0 Å². The minimum absolute atomic E-state index is 0.480. The van der Waals surface area contributed by atoms with Crippen LogP contribution in [0.4, 0.5) is 0 Å². The number of hydrogen-bond donors (Lipinski definition) is 0. The van der Waals surface area contributed by atoms with Gasteiger partial charge in [-0.05, 0) is 48.5 Å². The molecule has 8 aromatic rings. The molecule has 4 aromatic heterocycles. The van der Waals surface area contributed by atoms with E-state index < -0.39 is 0 Å². The smallest absolute Gasteiger partial charge is 0.198 e. The van der Waals surface area contributed by atoms with Crippen molar-refractivity contribution in [2.24, 2.45) is 0 Å². The predicted octanol–water partition coefficient (Wildman–Crippen LogP) is 6.43. The third-order valence-corrected chi connectivity index (χ3v) is 6.88. The van der Waals surface area contributed by atoms with Crippen LogP contribution in [0.5, 0.6) is 0 Å². The fraction of sp³-hybridized carbons (Fsp3) is 0. The van der Waals surface area contributed by atoms with Gasteiger partial charge in [0.2, 0.25) is 0 Å². The second-order valence-electron chi connectivity index (χ2n) is 9.36. The molecule has 0 aliphatic rings. The average molecular weight is 517 g/mol. The van der Waals surface area contributed by atoms with Crippen LogP contribution < -0.4 is 0 Å². The lowest BCUT2D eigenvalue weighted by Crippen LogP contribution is -2.03. The first-order valence-electron chi connectivity index (χ1n) is 12.9. The molecule has 4 heterocycles. The largest absolute Gasteiger partial charge is 0.290 e. The number of fused-ring (bicyclic) bond motifs is 3. The molecule has 0 aliphatic heterocycles. The first kappa shape index (κ1) is 22.2. The molecule has 0 N–H and O–H groups in total. The summed E-state index contributed by atoms with van der Waals surface area (Å²) in [6.45, 7) is 0. The molecule has 8 nitrogen and oxygen atoms in total. The standard InChI is InChI=1S/C32H20N8/c1-3-11-22(12-4-1)39-26-17-9-7-15-24(26)35-31(39)29-33-19-21-20-34-30(38-28(21)37-29)32-36-25-16-8-10-18-27(25)40(32)23-13-5-2-6-14-23/h1-20H. The molecule has 0 unspecified atom stereocenters. The molecule has 0 bridgehead atoms. The summed E-state index contributed by atoms with van der Waals surface area (Å²) >= 11 is 0. The molecule has 0 saturated heterocycles. The molecule has 0 saturated carbocycles. The Kier molecular flexibility index (Phi) is 4.96. The summed E-state index contributed by atoms with van der Waals surface area (Å²) in [5.74, 6) is 2.25. The molecule has 0 aliphatic carbocycles. The Labute approximate surface area is 228 Å². The predicted molar refractivity (Wildman–Crippen MR) is 155 cm³/mol. The monoisotopic (exact) mass is 516 g/mol. The third kappa shape index (κ3) is 3.54. The van der Waals surface area contributed by atoms with E-state index in [0.29, 0.717) is 28.9 Å². The van der Waals surface area contributed by atoms with E-state index in [-0.39, 0.29) is 0 Å². The van der Waals surface area contributed by atoms with Gasteiger partial charge in [0.25, 0.3) is 0 Å². The Balaban J connectivity index is 1.33. The topological polar surface area (TPSA) is 87.2 Å². The maximum Gasteiger partial charge on any atom is 0.198 e. The number of imidazole rings is 2. The van der Waals surface area contributed by atoms with Crippen molar-refractivity contribution >= 4 is 33.1 Å². The zero-order chi connectivity index (χ0) is 26.5. The van der Waals surface area contributed by atoms with E-state index in [1.807, 2.05) is 109 Å². The summed E-state index contributed by atoms with van der Waals surface area (Å²) in [4.78, 5) is 28.9. The van der Waals surface area contributed by atoms with Crippen LogP contribution in [0.3, 0.4) is 0 Å². The Morgan fingerprint density at radius 1 is 0.425 bits per heavy atom. The number of benzene rings is 4. The van der Waals surface area contributed by atoms with Crippen molar-refractivity contribution in [2.75, 3.05) is 0 Å². The number of para-hydroxylation sites is 6. The van der Waals surface area contributed by atoms with Gasteiger partial charge in [-0.15, -0.1) is 0 Å². The number of nitrogens with zero attached hydrogens (tertiary/aromatic N) is 8. The lowest BCUT2D eigenvalue weighted by Gasteiger charge is -2.10. The number of hydrogen-bond acceptors (Lipinski definition) is 6. The Morgan fingerprint density at radius 2 is 0.850 bits per heavy atom. The molecule has 4 aromatic carbocycles. The van der Waals surface area contributed by atoms with Gasteiger partial charge in [0.05, 0.1) is 27.5 Å². The average Bonchev–Trinajstić information content (AvgIpc) is 3.61. The van der Waals surface area contributed by atoms with Gasteiger partial charge in [-0.1, -0.05) is 60.7 Å². The minimum atomic E-state index is 0.480. The Bertz CT molecular complexity index is 2010. The molecule has 0 amide bonds. The van der Waals surface area contributed by atoms with Gasteiger partial charge < -0.3 is 0 Å². The van der Waals surface area contributed by atoms with Crippen molar-refractivity contribution < 1.29 is 0 Å². The second kappa shape index (κ2) is 8.92. The SMILES string of the molecule is c1ccc(-n2c(-c3ncc4cnc(-c5nc6ccccc6n5-c5ccccc5)nc4n3)nc3ccccc32)cc1. The highest BCUT2D eigenvalue weighted by Gasteiger charge is 2.19. The van der Waals surface area contributed by atoms with Crippen LogP contribution in [0.15, 0.2) is 122 Å². The molecular formula is C32H20N8. The van der Waals surface area contributed by atoms with E-state index in [1.165, 1.54) is 0 Å². The van der Waals surface area contributed by atoms with Crippen LogP contribution in [0.25, 0.3) is 67.8 Å². The summed E-state index contributed by atoms with van der Waals surface area (Å²) in [6.07, 6.45) is 3.49. The Hall–Kier alpha value is -5.76. The van der Waals surface area contributed by atoms with Crippen LogP contribution in [0, 0.1) is 0 Å². The van der Waals surface area contributed by atoms with Gasteiger partial charge in [-0.25, -0.2) is 29.9 Å². The van der Waals surface area contributed by atoms with E-state index in [0.717, 1.165) is 38.8 Å². The molecule has 0 fully saturated rings. The van der Waals surface area contributed by atoms with Crippen molar-refractivity contribution in [3.05, 3.63) is 122 Å². The lowest BCUT2D eigenvalue weighted by molar-refractivity contribution is 1.03. The Morgan fingerprint density at radius 3 is 1.32 bits per heavy atom. The van der Waals surface area contributed by atoms with Crippen molar-refractivity contribution in [1.29, 1.82) is 0 Å². The highest BCUT2D eigenvalue weighted by molar-refractivity contribution is 5.85. The summed E-state index contributed by atoms with van der Waals surface area (Å²) in [5.41, 5.74) is 6.17. The fourth-order valence-corrected chi connectivity index (χ4v) is 5.07. The molecule has 0 spiro atoms. The molecule has 40 heavy (non-hydrogen) atoms. The molecule has 0 radical (unpaired) electrons. The van der Waals surface area contributed by atoms with E-state index >= 15 is 0 Å². The van der Waals surface area contributed by atoms with E-state index in [4.69, 9.17) is 19.9 Å². The molecule has 0 atom stereocenters.